The molecule has 1 aromatic heterocycles. The Labute approximate surface area is 243 Å². The highest BCUT2D eigenvalue weighted by molar-refractivity contribution is 7.07. The lowest BCUT2D eigenvalue weighted by molar-refractivity contribution is -0.136. The van der Waals surface area contributed by atoms with Gasteiger partial charge in [-0.3, -0.25) is 9.36 Å². The first-order valence-electron chi connectivity index (χ1n) is 13.7. The topological polar surface area (TPSA) is 73.1 Å². The Morgan fingerprint density at radius 3 is 2.37 bits per heavy atom. The van der Waals surface area contributed by atoms with Crippen molar-refractivity contribution in [2.45, 2.75) is 33.4 Å². The van der Waals surface area contributed by atoms with Crippen molar-refractivity contribution in [3.63, 3.8) is 0 Å². The molecule has 1 aliphatic rings. The molecule has 41 heavy (non-hydrogen) atoms. The van der Waals surface area contributed by atoms with Crippen LogP contribution < -0.4 is 24.5 Å². The number of fused-ring (bicyclic) bond motifs is 1. The normalized spacial score (nSPS) is 14.8. The van der Waals surface area contributed by atoms with E-state index in [2.05, 4.69) is 29.8 Å². The molecule has 1 unspecified atom stereocenters. The second-order valence-corrected chi connectivity index (χ2v) is 10.7. The molecule has 0 aliphatic carbocycles. The first kappa shape index (κ1) is 28.1. The molecule has 0 saturated carbocycles. The Balaban J connectivity index is 1.64. The molecule has 210 valence electrons. The third kappa shape index (κ3) is 5.74. The minimum Gasteiger partial charge on any atom is -0.488 e. The van der Waals surface area contributed by atoms with E-state index >= 15 is 0 Å². The van der Waals surface area contributed by atoms with Gasteiger partial charge < -0.3 is 14.4 Å². The summed E-state index contributed by atoms with van der Waals surface area (Å²) in [4.78, 5) is 34.3. The lowest BCUT2D eigenvalue weighted by Crippen LogP contribution is -2.39. The summed E-state index contributed by atoms with van der Waals surface area (Å²) in [5.74, 6) is 0.188. The van der Waals surface area contributed by atoms with E-state index in [0.29, 0.717) is 33.0 Å². The number of hydrogen-bond acceptors (Lipinski definition) is 7. The monoisotopic (exact) mass is 567 g/mol. The molecule has 4 aromatic rings. The van der Waals surface area contributed by atoms with Gasteiger partial charge in [0, 0.05) is 30.4 Å². The molecule has 1 atom stereocenters. The van der Waals surface area contributed by atoms with Crippen molar-refractivity contribution in [3.8, 4) is 5.75 Å². The summed E-state index contributed by atoms with van der Waals surface area (Å²) in [5, 5.41) is 0. The number of carbonyl (C=O) groups excluding carboxylic acids is 1. The van der Waals surface area contributed by atoms with E-state index in [1.54, 1.807) is 11.5 Å². The molecule has 1 aliphatic heterocycles. The number of nitrogens with zero attached hydrogens (tertiary/aromatic N) is 3. The second kappa shape index (κ2) is 12.4. The third-order valence-electron chi connectivity index (χ3n) is 7.19. The summed E-state index contributed by atoms with van der Waals surface area (Å²) in [6, 6.07) is 24.9. The van der Waals surface area contributed by atoms with Crippen molar-refractivity contribution in [2.24, 2.45) is 4.99 Å². The molecule has 8 heteroatoms. The standard InChI is InChI=1S/C33H33N3O4S/c1-5-35(6-2)26-18-17-25(27(20-26)40-21-23-13-9-7-10-14-23)19-28-31(37)36-30(24-15-11-8-12-16-24)29(32(38)39-4)22(3)34-33(36)41-28/h7-20,30H,5-6,21H2,1-4H3. The van der Waals surface area contributed by atoms with Crippen molar-refractivity contribution in [2.75, 3.05) is 25.1 Å². The van der Waals surface area contributed by atoms with Gasteiger partial charge in [-0.05, 0) is 50.1 Å². The number of thiazole rings is 1. The minimum atomic E-state index is -0.638. The Morgan fingerprint density at radius 2 is 1.71 bits per heavy atom. The average Bonchev–Trinajstić information content (AvgIpc) is 3.31. The number of anilines is 1. The van der Waals surface area contributed by atoms with Gasteiger partial charge in [0.25, 0.3) is 5.56 Å². The highest BCUT2D eigenvalue weighted by Crippen LogP contribution is 2.31. The fourth-order valence-corrected chi connectivity index (χ4v) is 6.11. The van der Waals surface area contributed by atoms with Crippen LogP contribution in [0.5, 0.6) is 5.75 Å². The summed E-state index contributed by atoms with van der Waals surface area (Å²) in [6.07, 6.45) is 1.86. The number of benzene rings is 3. The zero-order valence-electron chi connectivity index (χ0n) is 23.7. The number of allylic oxidation sites excluding steroid dienone is 1. The summed E-state index contributed by atoms with van der Waals surface area (Å²) in [6.45, 7) is 8.16. The largest absolute Gasteiger partial charge is 0.488 e. The molecular formula is C33H33N3O4S. The molecule has 0 spiro atoms. The second-order valence-electron chi connectivity index (χ2n) is 9.65. The van der Waals surface area contributed by atoms with Crippen LogP contribution in [0.2, 0.25) is 0 Å². The molecule has 0 amide bonds. The van der Waals surface area contributed by atoms with Gasteiger partial charge in [0.05, 0.1) is 29.0 Å². The van der Waals surface area contributed by atoms with Crippen LogP contribution >= 0.6 is 11.3 Å². The zero-order valence-corrected chi connectivity index (χ0v) is 24.5. The molecule has 2 heterocycles. The number of methoxy groups -OCH3 is 1. The number of ether oxygens (including phenoxy) is 2. The van der Waals surface area contributed by atoms with E-state index in [9.17, 15) is 9.59 Å². The third-order valence-corrected chi connectivity index (χ3v) is 8.17. The number of esters is 1. The number of rotatable bonds is 9. The maximum absolute atomic E-state index is 14.0. The summed E-state index contributed by atoms with van der Waals surface area (Å²) >= 11 is 1.30. The summed E-state index contributed by atoms with van der Waals surface area (Å²) in [5.41, 5.74) is 4.38. The van der Waals surface area contributed by atoms with E-state index in [1.807, 2.05) is 78.9 Å². The van der Waals surface area contributed by atoms with Gasteiger partial charge in [-0.2, -0.15) is 0 Å². The molecule has 0 radical (unpaired) electrons. The predicted octanol–water partition coefficient (Wildman–Crippen LogP) is 4.83. The molecular weight excluding hydrogens is 534 g/mol. The van der Waals surface area contributed by atoms with Crippen LogP contribution in [0.3, 0.4) is 0 Å². The fraction of sp³-hybridized carbons (Fsp3) is 0.242. The first-order chi connectivity index (χ1) is 19.9. The Hall–Kier alpha value is -4.43. The van der Waals surface area contributed by atoms with Crippen molar-refractivity contribution in [1.82, 2.24) is 4.57 Å². The molecule has 0 fully saturated rings. The van der Waals surface area contributed by atoms with E-state index in [-0.39, 0.29) is 5.56 Å². The average molecular weight is 568 g/mol. The van der Waals surface area contributed by atoms with Crippen LogP contribution in [-0.2, 0) is 16.1 Å². The van der Waals surface area contributed by atoms with E-state index in [0.717, 1.165) is 35.5 Å². The quantitative estimate of drug-likeness (QED) is 0.271. The van der Waals surface area contributed by atoms with Gasteiger partial charge in [0.1, 0.15) is 12.4 Å². The van der Waals surface area contributed by atoms with Crippen LogP contribution in [0.1, 0.15) is 43.5 Å². The van der Waals surface area contributed by atoms with Crippen molar-refractivity contribution in [3.05, 3.63) is 127 Å². The van der Waals surface area contributed by atoms with Crippen LogP contribution in [0.25, 0.3) is 6.08 Å². The number of hydrogen-bond donors (Lipinski definition) is 0. The Bertz CT molecular complexity index is 1750. The SMILES string of the molecule is CCN(CC)c1ccc(C=c2sc3n(c2=O)C(c2ccccc2)C(C(=O)OC)=C(C)N=3)c(OCc2ccccc2)c1. The van der Waals surface area contributed by atoms with Crippen molar-refractivity contribution < 1.29 is 14.3 Å². The highest BCUT2D eigenvalue weighted by atomic mass is 32.1. The van der Waals surface area contributed by atoms with E-state index in [1.165, 1.54) is 18.4 Å². The zero-order chi connectivity index (χ0) is 28.9. The van der Waals surface area contributed by atoms with E-state index < -0.39 is 12.0 Å². The van der Waals surface area contributed by atoms with Crippen LogP contribution in [0, 0.1) is 0 Å². The van der Waals surface area contributed by atoms with Gasteiger partial charge in [-0.1, -0.05) is 72.0 Å². The first-order valence-corrected chi connectivity index (χ1v) is 14.5. The smallest absolute Gasteiger partial charge is 0.338 e. The summed E-state index contributed by atoms with van der Waals surface area (Å²) < 4.78 is 13.5. The van der Waals surface area contributed by atoms with Crippen molar-refractivity contribution >= 4 is 29.1 Å². The maximum atomic E-state index is 14.0. The summed E-state index contributed by atoms with van der Waals surface area (Å²) in [7, 11) is 1.34. The van der Waals surface area contributed by atoms with Gasteiger partial charge in [0.15, 0.2) is 4.80 Å². The highest BCUT2D eigenvalue weighted by Gasteiger charge is 2.33. The number of carbonyl (C=O) groups is 1. The van der Waals surface area contributed by atoms with Crippen LogP contribution in [0.15, 0.2) is 99.9 Å². The maximum Gasteiger partial charge on any atom is 0.338 e. The van der Waals surface area contributed by atoms with Gasteiger partial charge in [-0.15, -0.1) is 0 Å². The molecule has 0 N–H and O–H groups in total. The minimum absolute atomic E-state index is 0.224. The van der Waals surface area contributed by atoms with Gasteiger partial charge in [0.2, 0.25) is 0 Å². The molecule has 3 aromatic carbocycles. The number of aromatic nitrogens is 1. The van der Waals surface area contributed by atoms with Gasteiger partial charge >= 0.3 is 5.97 Å². The van der Waals surface area contributed by atoms with E-state index in [4.69, 9.17) is 9.47 Å². The van der Waals surface area contributed by atoms with Gasteiger partial charge in [-0.25, -0.2) is 9.79 Å². The Kier molecular flexibility index (Phi) is 8.50. The lowest BCUT2D eigenvalue weighted by atomic mass is 9.96. The predicted molar refractivity (Wildman–Crippen MR) is 163 cm³/mol. The van der Waals surface area contributed by atoms with Crippen LogP contribution in [-0.4, -0.2) is 30.7 Å². The molecule has 0 saturated heterocycles. The molecule has 0 bridgehead atoms. The van der Waals surface area contributed by atoms with Crippen LogP contribution in [0.4, 0.5) is 5.69 Å². The van der Waals surface area contributed by atoms with Crippen molar-refractivity contribution in [1.29, 1.82) is 0 Å². The fourth-order valence-electron chi connectivity index (χ4n) is 5.07. The Morgan fingerprint density at radius 1 is 1.02 bits per heavy atom. The lowest BCUT2D eigenvalue weighted by Gasteiger charge is -2.24. The molecule has 5 rings (SSSR count). The molecule has 7 nitrogen and oxygen atoms in total.